The van der Waals surface area contributed by atoms with Crippen molar-refractivity contribution in [2.24, 2.45) is 0 Å². The minimum absolute atomic E-state index is 0.134. The lowest BCUT2D eigenvalue weighted by molar-refractivity contribution is -0.136. The van der Waals surface area contributed by atoms with Gasteiger partial charge in [-0.05, 0) is 6.07 Å². The maximum atomic E-state index is 10.4. The SMILES string of the molecule is O=C(O)CCSc1cc(-c2ccccc2)ncn1. The summed E-state index contributed by atoms with van der Waals surface area (Å²) in [6.45, 7) is 0. The molecule has 0 fully saturated rings. The second-order valence-electron chi connectivity index (χ2n) is 3.60. The van der Waals surface area contributed by atoms with Gasteiger partial charge in [-0.1, -0.05) is 30.3 Å². The second-order valence-corrected chi connectivity index (χ2v) is 4.71. The molecule has 0 saturated heterocycles. The van der Waals surface area contributed by atoms with Crippen LogP contribution >= 0.6 is 11.8 Å². The Morgan fingerprint density at radius 2 is 2.00 bits per heavy atom. The first-order valence-electron chi connectivity index (χ1n) is 5.48. The molecule has 0 aliphatic heterocycles. The van der Waals surface area contributed by atoms with Gasteiger partial charge in [0.1, 0.15) is 11.4 Å². The molecule has 2 aromatic rings. The quantitative estimate of drug-likeness (QED) is 0.661. The topological polar surface area (TPSA) is 63.1 Å². The summed E-state index contributed by atoms with van der Waals surface area (Å²) in [6, 6.07) is 11.7. The van der Waals surface area contributed by atoms with Crippen LogP contribution in [0, 0.1) is 0 Å². The monoisotopic (exact) mass is 260 g/mol. The number of hydrogen-bond acceptors (Lipinski definition) is 4. The van der Waals surface area contributed by atoms with Crippen molar-refractivity contribution >= 4 is 17.7 Å². The van der Waals surface area contributed by atoms with Crippen LogP contribution < -0.4 is 0 Å². The summed E-state index contributed by atoms with van der Waals surface area (Å²) < 4.78 is 0. The zero-order chi connectivity index (χ0) is 12.8. The second kappa shape index (κ2) is 6.16. The van der Waals surface area contributed by atoms with E-state index in [0.717, 1.165) is 16.3 Å². The predicted octanol–water partition coefficient (Wildman–Crippen LogP) is 2.71. The third-order valence-electron chi connectivity index (χ3n) is 2.28. The standard InChI is InChI=1S/C13H12N2O2S/c16-13(17)6-7-18-12-8-11(14-9-15-12)10-4-2-1-3-5-10/h1-5,8-9H,6-7H2,(H,16,17). The molecule has 0 saturated carbocycles. The summed E-state index contributed by atoms with van der Waals surface area (Å²) in [5.74, 6) is -0.277. The van der Waals surface area contributed by atoms with E-state index in [1.165, 1.54) is 18.1 Å². The first-order chi connectivity index (χ1) is 8.75. The largest absolute Gasteiger partial charge is 0.481 e. The van der Waals surface area contributed by atoms with Crippen molar-refractivity contribution in [2.45, 2.75) is 11.4 Å². The van der Waals surface area contributed by atoms with Crippen LogP contribution in [-0.4, -0.2) is 26.8 Å². The van der Waals surface area contributed by atoms with Gasteiger partial charge in [-0.2, -0.15) is 0 Å². The normalized spacial score (nSPS) is 10.2. The molecule has 1 aromatic carbocycles. The smallest absolute Gasteiger partial charge is 0.304 e. The van der Waals surface area contributed by atoms with Gasteiger partial charge in [-0.3, -0.25) is 4.79 Å². The van der Waals surface area contributed by atoms with Crippen molar-refractivity contribution in [3.63, 3.8) is 0 Å². The first kappa shape index (κ1) is 12.6. The van der Waals surface area contributed by atoms with Crippen molar-refractivity contribution in [2.75, 3.05) is 5.75 Å². The highest BCUT2D eigenvalue weighted by molar-refractivity contribution is 7.99. The van der Waals surface area contributed by atoms with E-state index in [1.54, 1.807) is 0 Å². The van der Waals surface area contributed by atoms with Crippen LogP contribution in [0.4, 0.5) is 0 Å². The highest BCUT2D eigenvalue weighted by Crippen LogP contribution is 2.21. The lowest BCUT2D eigenvalue weighted by Crippen LogP contribution is -1.96. The molecule has 92 valence electrons. The third-order valence-corrected chi connectivity index (χ3v) is 3.20. The molecule has 4 nitrogen and oxygen atoms in total. The van der Waals surface area contributed by atoms with E-state index in [9.17, 15) is 4.79 Å². The fourth-order valence-electron chi connectivity index (χ4n) is 1.43. The van der Waals surface area contributed by atoms with E-state index in [0.29, 0.717) is 5.75 Å². The van der Waals surface area contributed by atoms with Crippen LogP contribution in [0.3, 0.4) is 0 Å². The average molecular weight is 260 g/mol. The Bertz CT molecular complexity index is 532. The van der Waals surface area contributed by atoms with Crippen molar-refractivity contribution in [3.05, 3.63) is 42.7 Å². The summed E-state index contributed by atoms with van der Waals surface area (Å²) in [4.78, 5) is 18.8. The molecule has 0 atom stereocenters. The van der Waals surface area contributed by atoms with Crippen LogP contribution in [0.15, 0.2) is 47.8 Å². The van der Waals surface area contributed by atoms with E-state index in [-0.39, 0.29) is 6.42 Å². The minimum Gasteiger partial charge on any atom is -0.481 e. The number of carbonyl (C=O) groups is 1. The maximum Gasteiger partial charge on any atom is 0.304 e. The Hall–Kier alpha value is -1.88. The van der Waals surface area contributed by atoms with Gasteiger partial charge >= 0.3 is 5.97 Å². The lowest BCUT2D eigenvalue weighted by Gasteiger charge is -2.02. The van der Waals surface area contributed by atoms with Crippen LogP contribution in [-0.2, 0) is 4.79 Å². The molecule has 1 N–H and O–H groups in total. The van der Waals surface area contributed by atoms with Crippen molar-refractivity contribution < 1.29 is 9.90 Å². The summed E-state index contributed by atoms with van der Waals surface area (Å²) in [5, 5.41) is 9.37. The van der Waals surface area contributed by atoms with Crippen molar-refractivity contribution in [1.29, 1.82) is 0 Å². The third kappa shape index (κ3) is 3.56. The Morgan fingerprint density at radius 3 is 2.72 bits per heavy atom. The number of rotatable bonds is 5. The van der Waals surface area contributed by atoms with Gasteiger partial charge in [-0.25, -0.2) is 9.97 Å². The van der Waals surface area contributed by atoms with Crippen LogP contribution in [0.25, 0.3) is 11.3 Å². The molecular formula is C13H12N2O2S. The molecule has 2 rings (SSSR count). The summed E-state index contributed by atoms with van der Waals surface area (Å²) >= 11 is 1.43. The van der Waals surface area contributed by atoms with Gasteiger partial charge in [0.15, 0.2) is 0 Å². The van der Waals surface area contributed by atoms with Crippen LogP contribution in [0.1, 0.15) is 6.42 Å². The molecule has 1 aromatic heterocycles. The number of hydrogen-bond donors (Lipinski definition) is 1. The van der Waals surface area contributed by atoms with Gasteiger partial charge in [0.25, 0.3) is 0 Å². The Morgan fingerprint density at radius 1 is 1.22 bits per heavy atom. The molecule has 0 bridgehead atoms. The molecule has 0 spiro atoms. The highest BCUT2D eigenvalue weighted by Gasteiger charge is 2.03. The number of nitrogens with zero attached hydrogens (tertiary/aromatic N) is 2. The maximum absolute atomic E-state index is 10.4. The Balaban J connectivity index is 2.08. The van der Waals surface area contributed by atoms with E-state index in [2.05, 4.69) is 9.97 Å². The Kier molecular flexibility index (Phi) is 4.30. The van der Waals surface area contributed by atoms with Crippen LogP contribution in [0.2, 0.25) is 0 Å². The summed E-state index contributed by atoms with van der Waals surface area (Å²) in [6.07, 6.45) is 1.64. The molecule has 0 unspecified atom stereocenters. The van der Waals surface area contributed by atoms with Gasteiger partial charge < -0.3 is 5.11 Å². The van der Waals surface area contributed by atoms with E-state index >= 15 is 0 Å². The fourth-order valence-corrected chi connectivity index (χ4v) is 2.23. The molecule has 5 heteroatoms. The summed E-state index contributed by atoms with van der Waals surface area (Å²) in [7, 11) is 0. The number of aliphatic carboxylic acids is 1. The number of thioether (sulfide) groups is 1. The number of aromatic nitrogens is 2. The average Bonchev–Trinajstić information content (AvgIpc) is 2.40. The summed E-state index contributed by atoms with van der Waals surface area (Å²) in [5.41, 5.74) is 1.88. The molecule has 0 aliphatic carbocycles. The van der Waals surface area contributed by atoms with E-state index < -0.39 is 5.97 Å². The Labute approximate surface area is 109 Å². The van der Waals surface area contributed by atoms with E-state index in [1.807, 2.05) is 36.4 Å². The van der Waals surface area contributed by atoms with Gasteiger partial charge in [0, 0.05) is 11.3 Å². The molecule has 0 radical (unpaired) electrons. The van der Waals surface area contributed by atoms with E-state index in [4.69, 9.17) is 5.11 Å². The minimum atomic E-state index is -0.792. The number of benzene rings is 1. The van der Waals surface area contributed by atoms with Gasteiger partial charge in [0.05, 0.1) is 12.1 Å². The molecule has 18 heavy (non-hydrogen) atoms. The predicted molar refractivity (Wildman–Crippen MR) is 70.4 cm³/mol. The zero-order valence-corrected chi connectivity index (χ0v) is 10.4. The van der Waals surface area contributed by atoms with Gasteiger partial charge in [0.2, 0.25) is 0 Å². The fraction of sp³-hybridized carbons (Fsp3) is 0.154. The molecule has 0 amide bonds. The molecule has 0 aliphatic rings. The molecule has 1 heterocycles. The lowest BCUT2D eigenvalue weighted by atomic mass is 10.1. The number of carboxylic acid groups (broad SMARTS) is 1. The van der Waals surface area contributed by atoms with Crippen molar-refractivity contribution in [1.82, 2.24) is 9.97 Å². The van der Waals surface area contributed by atoms with Crippen LogP contribution in [0.5, 0.6) is 0 Å². The van der Waals surface area contributed by atoms with Gasteiger partial charge in [-0.15, -0.1) is 11.8 Å². The highest BCUT2D eigenvalue weighted by atomic mass is 32.2. The molecular weight excluding hydrogens is 248 g/mol. The van der Waals surface area contributed by atoms with Crippen molar-refractivity contribution in [3.8, 4) is 11.3 Å². The zero-order valence-electron chi connectivity index (χ0n) is 9.61. The first-order valence-corrected chi connectivity index (χ1v) is 6.46. The number of carboxylic acids is 1.